The number of nitrogens with one attached hydrogen (secondary N) is 2. The third-order valence-electron chi connectivity index (χ3n) is 5.71. The maximum Gasteiger partial charge on any atom is 0.315 e. The summed E-state index contributed by atoms with van der Waals surface area (Å²) in [6.07, 6.45) is 1.86. The van der Waals surface area contributed by atoms with E-state index in [0.717, 1.165) is 39.5 Å². The highest BCUT2D eigenvalue weighted by Gasteiger charge is 2.32. The highest BCUT2D eigenvalue weighted by molar-refractivity contribution is 7.99. The van der Waals surface area contributed by atoms with Crippen LogP contribution in [0.3, 0.4) is 0 Å². The number of aromatic nitrogens is 1. The van der Waals surface area contributed by atoms with Gasteiger partial charge in [-0.15, -0.1) is 11.8 Å². The second-order valence-corrected chi connectivity index (χ2v) is 9.32. The highest BCUT2D eigenvalue weighted by atomic mass is 32.2. The molecule has 3 atom stereocenters. The molecule has 0 bridgehead atoms. The van der Waals surface area contributed by atoms with Crippen LogP contribution in [0.1, 0.15) is 48.0 Å². The van der Waals surface area contributed by atoms with Gasteiger partial charge in [-0.25, -0.2) is 9.78 Å². The standard InChI is InChI=1S/C27H31N3O4S/c1-2-28-27(32)30-16-19-6-12-22(13-7-19)26-33-23(18-35-25-5-3-4-14-29-25)15-24(34-26)21-10-8-20(17-31)9-11-21/h3-14,23-24,26,31H,2,15-18H2,1H3,(H2,28,30,32). The molecule has 184 valence electrons. The Balaban J connectivity index is 1.46. The number of urea groups is 1. The molecule has 8 heteroatoms. The fraction of sp³-hybridized carbons (Fsp3) is 0.333. The molecule has 2 heterocycles. The summed E-state index contributed by atoms with van der Waals surface area (Å²) < 4.78 is 12.8. The predicted molar refractivity (Wildman–Crippen MR) is 136 cm³/mol. The van der Waals surface area contributed by atoms with Crippen LogP contribution in [0.25, 0.3) is 0 Å². The Morgan fingerprint density at radius 3 is 2.43 bits per heavy atom. The van der Waals surface area contributed by atoms with E-state index < -0.39 is 6.29 Å². The monoisotopic (exact) mass is 493 g/mol. The summed E-state index contributed by atoms with van der Waals surface area (Å²) in [5, 5.41) is 15.9. The number of aliphatic hydroxyl groups is 1. The fourth-order valence-electron chi connectivity index (χ4n) is 3.83. The van der Waals surface area contributed by atoms with E-state index in [4.69, 9.17) is 9.47 Å². The quantitative estimate of drug-likeness (QED) is 0.373. The number of hydrogen-bond acceptors (Lipinski definition) is 6. The first-order valence-electron chi connectivity index (χ1n) is 11.8. The number of ether oxygens (including phenoxy) is 2. The molecule has 1 aliphatic heterocycles. The van der Waals surface area contributed by atoms with Crippen LogP contribution in [0.5, 0.6) is 0 Å². The van der Waals surface area contributed by atoms with E-state index in [1.165, 1.54) is 0 Å². The molecule has 7 nitrogen and oxygen atoms in total. The molecule has 2 aromatic carbocycles. The molecule has 1 aromatic heterocycles. The first-order chi connectivity index (χ1) is 17.1. The molecular weight excluding hydrogens is 462 g/mol. The summed E-state index contributed by atoms with van der Waals surface area (Å²) >= 11 is 1.67. The number of thioether (sulfide) groups is 1. The summed E-state index contributed by atoms with van der Waals surface area (Å²) in [7, 11) is 0. The van der Waals surface area contributed by atoms with E-state index >= 15 is 0 Å². The summed E-state index contributed by atoms with van der Waals surface area (Å²) in [5.41, 5.74) is 3.85. The van der Waals surface area contributed by atoms with E-state index in [1.807, 2.05) is 73.7 Å². The van der Waals surface area contributed by atoms with Crippen molar-refractivity contribution < 1.29 is 19.4 Å². The summed E-state index contributed by atoms with van der Waals surface area (Å²) in [4.78, 5) is 16.1. The van der Waals surface area contributed by atoms with Gasteiger partial charge in [0, 0.05) is 37.0 Å². The second kappa shape index (κ2) is 12.7. The van der Waals surface area contributed by atoms with Gasteiger partial charge in [-0.05, 0) is 35.7 Å². The maximum atomic E-state index is 11.7. The normalized spacial score (nSPS) is 19.8. The largest absolute Gasteiger partial charge is 0.392 e. The zero-order chi connectivity index (χ0) is 24.5. The molecule has 0 spiro atoms. The van der Waals surface area contributed by atoms with Crippen molar-refractivity contribution in [1.82, 2.24) is 15.6 Å². The van der Waals surface area contributed by atoms with E-state index in [2.05, 4.69) is 15.6 Å². The minimum atomic E-state index is -0.508. The van der Waals surface area contributed by atoms with Gasteiger partial charge in [0.25, 0.3) is 0 Å². The zero-order valence-corrected chi connectivity index (χ0v) is 20.5. The lowest BCUT2D eigenvalue weighted by Gasteiger charge is -2.36. The van der Waals surface area contributed by atoms with Gasteiger partial charge >= 0.3 is 6.03 Å². The van der Waals surface area contributed by atoms with Gasteiger partial charge in [0.05, 0.1) is 23.8 Å². The first kappa shape index (κ1) is 25.2. The highest BCUT2D eigenvalue weighted by Crippen LogP contribution is 2.39. The Kier molecular flexibility index (Phi) is 9.14. The summed E-state index contributed by atoms with van der Waals surface area (Å²) in [6, 6.07) is 21.5. The molecule has 2 amide bonds. The number of benzene rings is 2. The molecule has 0 radical (unpaired) electrons. The molecule has 3 aromatic rings. The zero-order valence-electron chi connectivity index (χ0n) is 19.7. The van der Waals surface area contributed by atoms with Crippen LogP contribution >= 0.6 is 11.8 Å². The average molecular weight is 494 g/mol. The Hall–Kier alpha value is -2.91. The van der Waals surface area contributed by atoms with Gasteiger partial charge in [-0.1, -0.05) is 54.6 Å². The predicted octanol–water partition coefficient (Wildman–Crippen LogP) is 4.73. The van der Waals surface area contributed by atoms with E-state index in [-0.39, 0.29) is 24.8 Å². The van der Waals surface area contributed by atoms with E-state index in [9.17, 15) is 9.90 Å². The number of carbonyl (C=O) groups excluding carboxylic acids is 1. The van der Waals surface area contributed by atoms with Gasteiger partial charge in [0.1, 0.15) is 0 Å². The molecule has 1 saturated heterocycles. The Morgan fingerprint density at radius 2 is 1.74 bits per heavy atom. The minimum Gasteiger partial charge on any atom is -0.392 e. The van der Waals surface area contributed by atoms with Gasteiger partial charge in [-0.2, -0.15) is 0 Å². The third kappa shape index (κ3) is 7.29. The van der Waals surface area contributed by atoms with Crippen molar-refractivity contribution in [2.45, 2.75) is 50.0 Å². The van der Waals surface area contributed by atoms with E-state index in [1.54, 1.807) is 18.0 Å². The number of aliphatic hydroxyl groups excluding tert-OH is 1. The fourth-order valence-corrected chi connectivity index (χ4v) is 4.71. The van der Waals surface area contributed by atoms with Crippen LogP contribution in [0.2, 0.25) is 0 Å². The number of nitrogens with zero attached hydrogens (tertiary/aromatic N) is 1. The summed E-state index contributed by atoms with van der Waals surface area (Å²) in [5.74, 6) is 0.761. The molecule has 3 N–H and O–H groups in total. The third-order valence-corrected chi connectivity index (χ3v) is 6.79. The average Bonchev–Trinajstić information content (AvgIpc) is 2.92. The van der Waals surface area contributed by atoms with Crippen LogP contribution in [-0.2, 0) is 22.6 Å². The van der Waals surface area contributed by atoms with Crippen LogP contribution in [-0.4, -0.2) is 34.5 Å². The molecular formula is C27H31N3O4S. The number of pyridine rings is 1. The lowest BCUT2D eigenvalue weighted by atomic mass is 10.0. The topological polar surface area (TPSA) is 92.7 Å². The molecule has 3 unspecified atom stereocenters. The number of amides is 2. The lowest BCUT2D eigenvalue weighted by molar-refractivity contribution is -0.245. The number of carbonyl (C=O) groups is 1. The van der Waals surface area contributed by atoms with Crippen molar-refractivity contribution in [2.24, 2.45) is 0 Å². The maximum absolute atomic E-state index is 11.7. The molecule has 0 aliphatic carbocycles. The molecule has 1 fully saturated rings. The Bertz CT molecular complexity index is 1060. The van der Waals surface area contributed by atoms with Crippen LogP contribution < -0.4 is 10.6 Å². The minimum absolute atomic E-state index is 0.0161. The number of rotatable bonds is 9. The van der Waals surface area contributed by atoms with Gasteiger partial charge in [-0.3, -0.25) is 0 Å². The smallest absolute Gasteiger partial charge is 0.315 e. The van der Waals surface area contributed by atoms with Crippen LogP contribution in [0.4, 0.5) is 4.79 Å². The van der Waals surface area contributed by atoms with Gasteiger partial charge in [0.2, 0.25) is 0 Å². The van der Waals surface area contributed by atoms with E-state index in [0.29, 0.717) is 13.1 Å². The van der Waals surface area contributed by atoms with Gasteiger partial charge < -0.3 is 25.2 Å². The van der Waals surface area contributed by atoms with Crippen molar-refractivity contribution in [3.8, 4) is 0 Å². The van der Waals surface area contributed by atoms with Crippen LogP contribution in [0, 0.1) is 0 Å². The van der Waals surface area contributed by atoms with Crippen molar-refractivity contribution in [2.75, 3.05) is 12.3 Å². The first-order valence-corrected chi connectivity index (χ1v) is 12.8. The molecule has 4 rings (SSSR count). The van der Waals surface area contributed by atoms with Gasteiger partial charge in [0.15, 0.2) is 6.29 Å². The van der Waals surface area contributed by atoms with Crippen molar-refractivity contribution in [3.05, 3.63) is 95.2 Å². The Morgan fingerprint density at radius 1 is 1.00 bits per heavy atom. The Labute approximate surface area is 210 Å². The molecule has 35 heavy (non-hydrogen) atoms. The van der Waals surface area contributed by atoms with Crippen LogP contribution in [0.15, 0.2) is 78.0 Å². The second-order valence-electron chi connectivity index (χ2n) is 8.28. The lowest BCUT2D eigenvalue weighted by Crippen LogP contribution is -2.34. The summed E-state index contributed by atoms with van der Waals surface area (Å²) in [6.45, 7) is 2.93. The van der Waals surface area contributed by atoms with Crippen molar-refractivity contribution in [1.29, 1.82) is 0 Å². The van der Waals surface area contributed by atoms with Crippen molar-refractivity contribution >= 4 is 17.8 Å². The molecule has 0 saturated carbocycles. The molecule has 1 aliphatic rings. The SMILES string of the molecule is CCNC(=O)NCc1ccc(C2OC(CSc3ccccn3)CC(c3ccc(CO)cc3)O2)cc1. The number of hydrogen-bond donors (Lipinski definition) is 3. The van der Waals surface area contributed by atoms with Crippen molar-refractivity contribution in [3.63, 3.8) is 0 Å².